The van der Waals surface area contributed by atoms with Gasteiger partial charge >= 0.3 is 0 Å². The van der Waals surface area contributed by atoms with Gasteiger partial charge in [-0.2, -0.15) is 17.7 Å². The minimum atomic E-state index is -0.0342. The molecule has 0 saturated carbocycles. The highest BCUT2D eigenvalue weighted by atomic mass is 32.1. The molecule has 0 aromatic carbocycles. The molecule has 15 heavy (non-hydrogen) atoms. The summed E-state index contributed by atoms with van der Waals surface area (Å²) in [7, 11) is 0. The molecule has 0 aliphatic carbocycles. The molecule has 0 saturated heterocycles. The van der Waals surface area contributed by atoms with Crippen LogP contribution in [0.4, 0.5) is 0 Å². The summed E-state index contributed by atoms with van der Waals surface area (Å²) < 4.78 is 1.54. The van der Waals surface area contributed by atoms with Crippen molar-refractivity contribution in [1.82, 2.24) is 9.78 Å². The van der Waals surface area contributed by atoms with E-state index < -0.39 is 0 Å². The average Bonchev–Trinajstić information content (AvgIpc) is 2.18. The van der Waals surface area contributed by atoms with E-state index in [0.29, 0.717) is 18.4 Å². The van der Waals surface area contributed by atoms with Crippen molar-refractivity contribution in [2.24, 2.45) is 11.8 Å². The first kappa shape index (κ1) is 12.3. The van der Waals surface area contributed by atoms with Crippen molar-refractivity contribution < 1.29 is 0 Å². The Bertz CT molecular complexity index is 373. The van der Waals surface area contributed by atoms with E-state index in [1.165, 1.54) is 4.68 Å². The van der Waals surface area contributed by atoms with Gasteiger partial charge in [0.25, 0.3) is 5.56 Å². The molecule has 1 aromatic rings. The number of rotatable bonds is 4. The predicted molar refractivity (Wildman–Crippen MR) is 65.4 cm³/mol. The number of hydrogen-bond donors (Lipinski definition) is 1. The average molecular weight is 226 g/mol. The lowest BCUT2D eigenvalue weighted by Crippen LogP contribution is -2.29. The second-order valence-corrected chi connectivity index (χ2v) is 4.55. The molecule has 1 unspecified atom stereocenters. The van der Waals surface area contributed by atoms with E-state index in [-0.39, 0.29) is 5.56 Å². The van der Waals surface area contributed by atoms with Gasteiger partial charge in [-0.3, -0.25) is 4.79 Å². The molecule has 0 spiro atoms. The molecule has 0 bridgehead atoms. The Labute approximate surface area is 95.9 Å². The van der Waals surface area contributed by atoms with E-state index in [1.54, 1.807) is 12.1 Å². The molecule has 0 amide bonds. The van der Waals surface area contributed by atoms with Crippen LogP contribution in [0.15, 0.2) is 16.9 Å². The Morgan fingerprint density at radius 2 is 2.13 bits per heavy atom. The summed E-state index contributed by atoms with van der Waals surface area (Å²) in [6.07, 6.45) is 0. The first-order valence-corrected chi connectivity index (χ1v) is 5.83. The Kier molecular flexibility index (Phi) is 4.39. The molecule has 0 N–H and O–H groups in total. The topological polar surface area (TPSA) is 34.9 Å². The summed E-state index contributed by atoms with van der Waals surface area (Å²) in [5.41, 5.74) is 0.837. The van der Waals surface area contributed by atoms with Gasteiger partial charge in [0, 0.05) is 12.6 Å². The van der Waals surface area contributed by atoms with Crippen LogP contribution in [0.1, 0.15) is 19.5 Å². The quantitative estimate of drug-likeness (QED) is 0.794. The highest BCUT2D eigenvalue weighted by molar-refractivity contribution is 7.80. The summed E-state index contributed by atoms with van der Waals surface area (Å²) in [5.74, 6) is 1.68. The normalized spacial score (nSPS) is 13.1. The zero-order valence-electron chi connectivity index (χ0n) is 9.47. The first-order chi connectivity index (χ1) is 7.04. The van der Waals surface area contributed by atoms with Crippen LogP contribution >= 0.6 is 12.6 Å². The standard InChI is InChI=1S/C11H18N2OS/c1-8(2)10(7-15)6-13-11(14)5-4-9(3)12-13/h4-5,8,10,15H,6-7H2,1-3H3. The highest BCUT2D eigenvalue weighted by Crippen LogP contribution is 2.13. The SMILES string of the molecule is Cc1ccc(=O)n(CC(CS)C(C)C)n1. The highest BCUT2D eigenvalue weighted by Gasteiger charge is 2.13. The largest absolute Gasteiger partial charge is 0.268 e. The molecular weight excluding hydrogens is 208 g/mol. The van der Waals surface area contributed by atoms with Crippen LogP contribution in [0.3, 0.4) is 0 Å². The number of nitrogens with zero attached hydrogens (tertiary/aromatic N) is 2. The molecule has 1 aromatic heterocycles. The van der Waals surface area contributed by atoms with Gasteiger partial charge in [-0.25, -0.2) is 4.68 Å². The van der Waals surface area contributed by atoms with E-state index in [1.807, 2.05) is 6.92 Å². The molecule has 4 heteroatoms. The maximum Gasteiger partial charge on any atom is 0.266 e. The van der Waals surface area contributed by atoms with Crippen molar-refractivity contribution >= 4 is 12.6 Å². The third-order valence-corrected chi connectivity index (χ3v) is 3.05. The van der Waals surface area contributed by atoms with Gasteiger partial charge in [0.15, 0.2) is 0 Å². The van der Waals surface area contributed by atoms with Crippen molar-refractivity contribution in [2.45, 2.75) is 27.3 Å². The second kappa shape index (κ2) is 5.35. The van der Waals surface area contributed by atoms with Crippen molar-refractivity contribution in [3.05, 3.63) is 28.2 Å². The van der Waals surface area contributed by atoms with E-state index in [9.17, 15) is 4.79 Å². The van der Waals surface area contributed by atoms with E-state index in [0.717, 1.165) is 11.4 Å². The zero-order valence-corrected chi connectivity index (χ0v) is 10.4. The van der Waals surface area contributed by atoms with Gasteiger partial charge in [0.2, 0.25) is 0 Å². The van der Waals surface area contributed by atoms with Crippen LogP contribution in [0.5, 0.6) is 0 Å². The van der Waals surface area contributed by atoms with E-state index in [2.05, 4.69) is 31.6 Å². The van der Waals surface area contributed by atoms with Crippen LogP contribution in [-0.4, -0.2) is 15.5 Å². The van der Waals surface area contributed by atoms with Crippen LogP contribution in [0.25, 0.3) is 0 Å². The minimum Gasteiger partial charge on any atom is -0.268 e. The molecule has 84 valence electrons. The smallest absolute Gasteiger partial charge is 0.266 e. The summed E-state index contributed by atoms with van der Waals surface area (Å²) in [5, 5.41) is 4.21. The summed E-state index contributed by atoms with van der Waals surface area (Å²) >= 11 is 4.30. The van der Waals surface area contributed by atoms with Crippen molar-refractivity contribution in [3.8, 4) is 0 Å². The molecular formula is C11H18N2OS. The fourth-order valence-corrected chi connectivity index (χ4v) is 1.92. The molecule has 0 aliphatic heterocycles. The zero-order chi connectivity index (χ0) is 11.4. The maximum atomic E-state index is 11.5. The van der Waals surface area contributed by atoms with Gasteiger partial charge < -0.3 is 0 Å². The van der Waals surface area contributed by atoms with Crippen LogP contribution in [-0.2, 0) is 6.54 Å². The fraction of sp³-hybridized carbons (Fsp3) is 0.636. The lowest BCUT2D eigenvalue weighted by molar-refractivity contribution is 0.346. The van der Waals surface area contributed by atoms with Gasteiger partial charge in [0.1, 0.15) is 0 Å². The minimum absolute atomic E-state index is 0.0342. The Morgan fingerprint density at radius 1 is 1.47 bits per heavy atom. The Morgan fingerprint density at radius 3 is 2.67 bits per heavy atom. The van der Waals surface area contributed by atoms with E-state index >= 15 is 0 Å². The first-order valence-electron chi connectivity index (χ1n) is 5.20. The monoisotopic (exact) mass is 226 g/mol. The Hall–Kier alpha value is -0.770. The number of aryl methyl sites for hydroxylation is 1. The number of thiol groups is 1. The summed E-state index contributed by atoms with van der Waals surface area (Å²) in [6, 6.07) is 3.31. The molecule has 0 aliphatic rings. The van der Waals surface area contributed by atoms with Crippen LogP contribution < -0.4 is 5.56 Å². The molecule has 0 radical (unpaired) electrons. The number of aromatic nitrogens is 2. The molecule has 0 fully saturated rings. The molecule has 3 nitrogen and oxygen atoms in total. The third kappa shape index (κ3) is 3.38. The third-order valence-electron chi connectivity index (χ3n) is 2.58. The lowest BCUT2D eigenvalue weighted by Gasteiger charge is -2.18. The maximum absolute atomic E-state index is 11.5. The van der Waals surface area contributed by atoms with Gasteiger partial charge in [-0.05, 0) is 30.6 Å². The van der Waals surface area contributed by atoms with Gasteiger partial charge in [-0.1, -0.05) is 13.8 Å². The van der Waals surface area contributed by atoms with Crippen molar-refractivity contribution in [3.63, 3.8) is 0 Å². The van der Waals surface area contributed by atoms with Gasteiger partial charge in [-0.15, -0.1) is 0 Å². The van der Waals surface area contributed by atoms with Crippen LogP contribution in [0.2, 0.25) is 0 Å². The van der Waals surface area contributed by atoms with E-state index in [4.69, 9.17) is 0 Å². The van der Waals surface area contributed by atoms with Crippen molar-refractivity contribution in [1.29, 1.82) is 0 Å². The van der Waals surface area contributed by atoms with Crippen molar-refractivity contribution in [2.75, 3.05) is 5.75 Å². The van der Waals surface area contributed by atoms with Crippen LogP contribution in [0, 0.1) is 18.8 Å². The molecule has 1 atom stereocenters. The second-order valence-electron chi connectivity index (χ2n) is 4.18. The fourth-order valence-electron chi connectivity index (χ4n) is 1.38. The number of hydrogen-bond acceptors (Lipinski definition) is 3. The summed E-state index contributed by atoms with van der Waals surface area (Å²) in [4.78, 5) is 11.5. The van der Waals surface area contributed by atoms with Gasteiger partial charge in [0.05, 0.1) is 5.69 Å². The molecule has 1 rings (SSSR count). The summed E-state index contributed by atoms with van der Waals surface area (Å²) in [6.45, 7) is 6.83. The lowest BCUT2D eigenvalue weighted by atomic mass is 9.98. The molecule has 1 heterocycles. The predicted octanol–water partition coefficient (Wildman–Crippen LogP) is 1.75. The Balaban J connectivity index is 2.87.